The number of rotatable bonds is 7. The summed E-state index contributed by atoms with van der Waals surface area (Å²) in [5.74, 6) is 1.87. The first-order valence-corrected chi connectivity index (χ1v) is 21.0. The van der Waals surface area contributed by atoms with Crippen LogP contribution in [0.5, 0.6) is 0 Å². The van der Waals surface area contributed by atoms with Gasteiger partial charge in [0.1, 0.15) is 0 Å². The minimum Gasteiger partial charge on any atom is -0.309 e. The highest BCUT2D eigenvalue weighted by molar-refractivity contribution is 6.15. The van der Waals surface area contributed by atoms with E-state index >= 15 is 0 Å². The van der Waals surface area contributed by atoms with Crippen LogP contribution in [0.3, 0.4) is 0 Å². The first kappa shape index (κ1) is 35.5. The Balaban J connectivity index is 1.10. The van der Waals surface area contributed by atoms with Crippen molar-refractivity contribution >= 4 is 43.6 Å². The van der Waals surface area contributed by atoms with E-state index in [4.69, 9.17) is 15.0 Å². The first-order valence-electron chi connectivity index (χ1n) is 21.0. The van der Waals surface area contributed by atoms with Crippen LogP contribution in [0.2, 0.25) is 0 Å². The Morgan fingerprint density at radius 1 is 0.274 bits per heavy atom. The molecule has 0 amide bonds. The molecule has 290 valence electrons. The summed E-state index contributed by atoms with van der Waals surface area (Å²) in [6.07, 6.45) is 0. The van der Waals surface area contributed by atoms with Gasteiger partial charge < -0.3 is 9.13 Å². The standard InChI is InChI=1S/C57H37N5/c1-4-18-38(19-5-1)41-24-16-25-42(36-41)44-29-17-30-48-46-27-11-13-31-50(46)61(54(44)48)43-34-35-47-45-26-10-14-32-51(45)62(53(47)37-43)52-33-15-12-28-49(52)57-59-55(39-20-6-2-7-21-39)58-56(60-57)40-22-8-3-9-23-40/h1-37H. The van der Waals surface area contributed by atoms with Crippen LogP contribution in [0.1, 0.15) is 0 Å². The van der Waals surface area contributed by atoms with E-state index in [1.54, 1.807) is 0 Å². The summed E-state index contributed by atoms with van der Waals surface area (Å²) in [7, 11) is 0. The van der Waals surface area contributed by atoms with Gasteiger partial charge in [-0.05, 0) is 59.2 Å². The van der Waals surface area contributed by atoms with Crippen molar-refractivity contribution in [3.8, 4) is 67.8 Å². The molecule has 5 nitrogen and oxygen atoms in total. The summed E-state index contributed by atoms with van der Waals surface area (Å²) < 4.78 is 4.84. The summed E-state index contributed by atoms with van der Waals surface area (Å²) in [5.41, 5.74) is 14.1. The molecule has 0 fully saturated rings. The molecule has 0 aliphatic carbocycles. The van der Waals surface area contributed by atoms with Crippen molar-refractivity contribution < 1.29 is 0 Å². The summed E-state index contributed by atoms with van der Waals surface area (Å²) in [6, 6.07) is 79.4. The van der Waals surface area contributed by atoms with Crippen LogP contribution in [0.4, 0.5) is 0 Å². The lowest BCUT2D eigenvalue weighted by molar-refractivity contribution is 1.06. The molecule has 0 unspecified atom stereocenters. The maximum atomic E-state index is 5.18. The number of aromatic nitrogens is 5. The predicted octanol–water partition coefficient (Wildman–Crippen LogP) is 14.4. The molecule has 0 saturated carbocycles. The van der Waals surface area contributed by atoms with Gasteiger partial charge in [0.2, 0.25) is 0 Å². The van der Waals surface area contributed by atoms with Gasteiger partial charge in [0, 0.05) is 49.5 Å². The highest BCUT2D eigenvalue weighted by Crippen LogP contribution is 2.42. The van der Waals surface area contributed by atoms with Crippen LogP contribution in [0, 0.1) is 0 Å². The minimum absolute atomic E-state index is 0.611. The van der Waals surface area contributed by atoms with Crippen molar-refractivity contribution in [1.82, 2.24) is 24.1 Å². The van der Waals surface area contributed by atoms with Gasteiger partial charge in [-0.3, -0.25) is 0 Å². The summed E-state index contributed by atoms with van der Waals surface area (Å²) in [5, 5.41) is 4.77. The van der Waals surface area contributed by atoms with Crippen molar-refractivity contribution in [3.05, 3.63) is 224 Å². The predicted molar refractivity (Wildman–Crippen MR) is 256 cm³/mol. The molecule has 9 aromatic carbocycles. The summed E-state index contributed by atoms with van der Waals surface area (Å²) >= 11 is 0. The zero-order valence-corrected chi connectivity index (χ0v) is 33.6. The number of benzene rings is 9. The summed E-state index contributed by atoms with van der Waals surface area (Å²) in [4.78, 5) is 15.4. The van der Waals surface area contributed by atoms with E-state index in [-0.39, 0.29) is 0 Å². The smallest absolute Gasteiger partial charge is 0.166 e. The second kappa shape index (κ2) is 14.7. The fourth-order valence-electron chi connectivity index (χ4n) is 9.16. The molecule has 3 aromatic heterocycles. The number of hydrogen-bond donors (Lipinski definition) is 0. The molecule has 0 N–H and O–H groups in total. The van der Waals surface area contributed by atoms with Gasteiger partial charge in [-0.1, -0.05) is 182 Å². The maximum absolute atomic E-state index is 5.18. The molecule has 12 rings (SSSR count). The topological polar surface area (TPSA) is 48.5 Å². The van der Waals surface area contributed by atoms with E-state index in [9.17, 15) is 0 Å². The van der Waals surface area contributed by atoms with Crippen molar-refractivity contribution in [2.75, 3.05) is 0 Å². The van der Waals surface area contributed by atoms with Crippen LogP contribution in [0.15, 0.2) is 224 Å². The van der Waals surface area contributed by atoms with Crippen molar-refractivity contribution in [2.24, 2.45) is 0 Å². The van der Waals surface area contributed by atoms with Crippen molar-refractivity contribution in [1.29, 1.82) is 0 Å². The van der Waals surface area contributed by atoms with Gasteiger partial charge in [0.15, 0.2) is 17.5 Å². The second-order valence-corrected chi connectivity index (χ2v) is 15.6. The Morgan fingerprint density at radius 2 is 0.758 bits per heavy atom. The third kappa shape index (κ3) is 5.90. The van der Waals surface area contributed by atoms with Gasteiger partial charge in [-0.25, -0.2) is 15.0 Å². The first-order chi connectivity index (χ1) is 30.8. The van der Waals surface area contributed by atoms with E-state index < -0.39 is 0 Å². The number of para-hydroxylation sites is 4. The van der Waals surface area contributed by atoms with E-state index in [2.05, 4.69) is 173 Å². The van der Waals surface area contributed by atoms with Gasteiger partial charge in [0.25, 0.3) is 0 Å². The summed E-state index contributed by atoms with van der Waals surface area (Å²) in [6.45, 7) is 0. The fraction of sp³-hybridized carbons (Fsp3) is 0. The molecule has 0 atom stereocenters. The van der Waals surface area contributed by atoms with Crippen molar-refractivity contribution in [2.45, 2.75) is 0 Å². The Kier molecular flexibility index (Phi) is 8.42. The number of fused-ring (bicyclic) bond motifs is 6. The van der Waals surface area contributed by atoms with E-state index in [1.807, 2.05) is 60.7 Å². The zero-order chi connectivity index (χ0) is 41.0. The van der Waals surface area contributed by atoms with Crippen LogP contribution < -0.4 is 0 Å². The van der Waals surface area contributed by atoms with Gasteiger partial charge in [0.05, 0.1) is 27.8 Å². The molecule has 0 aliphatic heterocycles. The third-order valence-electron chi connectivity index (χ3n) is 12.0. The Bertz CT molecular complexity index is 3570. The lowest BCUT2D eigenvalue weighted by Crippen LogP contribution is -2.03. The number of nitrogens with zero attached hydrogens (tertiary/aromatic N) is 5. The molecular weight excluding hydrogens is 755 g/mol. The van der Waals surface area contributed by atoms with E-state index in [1.165, 1.54) is 49.3 Å². The highest BCUT2D eigenvalue weighted by atomic mass is 15.1. The molecule has 0 aliphatic rings. The average Bonchev–Trinajstić information content (AvgIpc) is 3.87. The van der Waals surface area contributed by atoms with Crippen LogP contribution in [-0.4, -0.2) is 24.1 Å². The van der Waals surface area contributed by atoms with Gasteiger partial charge in [-0.15, -0.1) is 0 Å². The monoisotopic (exact) mass is 791 g/mol. The van der Waals surface area contributed by atoms with Crippen LogP contribution in [-0.2, 0) is 0 Å². The van der Waals surface area contributed by atoms with E-state index in [0.29, 0.717) is 17.5 Å². The Morgan fingerprint density at radius 3 is 1.47 bits per heavy atom. The van der Waals surface area contributed by atoms with Crippen LogP contribution >= 0.6 is 0 Å². The van der Waals surface area contributed by atoms with Crippen LogP contribution in [0.25, 0.3) is 111 Å². The molecule has 3 heterocycles. The van der Waals surface area contributed by atoms with Gasteiger partial charge in [-0.2, -0.15) is 0 Å². The largest absolute Gasteiger partial charge is 0.309 e. The lowest BCUT2D eigenvalue weighted by atomic mass is 9.97. The molecule has 0 saturated heterocycles. The zero-order valence-electron chi connectivity index (χ0n) is 33.6. The Labute approximate surface area is 358 Å². The molecule has 12 aromatic rings. The molecule has 5 heteroatoms. The maximum Gasteiger partial charge on any atom is 0.166 e. The molecule has 0 spiro atoms. The van der Waals surface area contributed by atoms with Crippen molar-refractivity contribution in [3.63, 3.8) is 0 Å². The number of hydrogen-bond acceptors (Lipinski definition) is 3. The fourth-order valence-corrected chi connectivity index (χ4v) is 9.16. The molecule has 0 radical (unpaired) electrons. The third-order valence-corrected chi connectivity index (χ3v) is 12.0. The normalized spacial score (nSPS) is 11.5. The SMILES string of the molecule is c1ccc(-c2cccc(-c3cccc4c5ccccc5n(-c5ccc6c7ccccc7n(-c7ccccc7-c7nc(-c8ccccc8)nc(-c8ccccc8)n7)c6c5)c34)c2)cc1. The Hall–Kier alpha value is -8.41. The van der Waals surface area contributed by atoms with Gasteiger partial charge >= 0.3 is 0 Å². The average molecular weight is 792 g/mol. The highest BCUT2D eigenvalue weighted by Gasteiger charge is 2.22. The molecule has 0 bridgehead atoms. The van der Waals surface area contributed by atoms with E-state index in [0.717, 1.165) is 44.6 Å². The second-order valence-electron chi connectivity index (χ2n) is 15.6. The lowest BCUT2D eigenvalue weighted by Gasteiger charge is -2.16. The molecule has 62 heavy (non-hydrogen) atoms. The quantitative estimate of drug-likeness (QED) is 0.162. The minimum atomic E-state index is 0.611. The molecular formula is C57H37N5.